The molecule has 1 aliphatic heterocycles. The van der Waals surface area contributed by atoms with Crippen LogP contribution in [-0.2, 0) is 17.4 Å². The largest absolute Gasteiger partial charge is 0.416 e. The number of benzene rings is 3. The van der Waals surface area contributed by atoms with Crippen molar-refractivity contribution >= 4 is 34.9 Å². The Morgan fingerprint density at radius 1 is 0.923 bits per heavy atom. The number of nitrogens with zero attached hydrogens (tertiary/aromatic N) is 4. The molecule has 5 rings (SSSR count). The van der Waals surface area contributed by atoms with Gasteiger partial charge in [0.1, 0.15) is 17.3 Å². The second kappa shape index (κ2) is 11.1. The zero-order valence-corrected chi connectivity index (χ0v) is 21.6. The maximum atomic E-state index is 13.5. The Balaban J connectivity index is 0.00000353. The average molecular weight is 563 g/mol. The van der Waals surface area contributed by atoms with Crippen LogP contribution in [0.25, 0.3) is 22.0 Å². The predicted octanol–water partition coefficient (Wildman–Crippen LogP) is 6.30. The molecule has 1 saturated heterocycles. The quantitative estimate of drug-likeness (QED) is 0.274. The van der Waals surface area contributed by atoms with Crippen LogP contribution in [0.15, 0.2) is 66.7 Å². The lowest BCUT2D eigenvalue weighted by Gasteiger charge is -2.40. The van der Waals surface area contributed by atoms with Gasteiger partial charge in [0.2, 0.25) is 5.91 Å². The number of hydrogen-bond acceptors (Lipinski definition) is 4. The number of fused-ring (bicyclic) bond motifs is 1. The van der Waals surface area contributed by atoms with Gasteiger partial charge in [-0.05, 0) is 48.9 Å². The molecular weight excluding hydrogens is 539 g/mol. The summed E-state index contributed by atoms with van der Waals surface area (Å²) in [7, 11) is 0. The Hall–Kier alpha value is -3.79. The first kappa shape index (κ1) is 28.2. The average Bonchev–Trinajstić information content (AvgIpc) is 2.89. The van der Waals surface area contributed by atoms with Crippen molar-refractivity contribution in [3.8, 4) is 11.3 Å². The molecule has 0 N–H and O–H groups in total. The van der Waals surface area contributed by atoms with E-state index in [2.05, 4.69) is 10.2 Å². The first-order chi connectivity index (χ1) is 18.1. The third kappa shape index (κ3) is 5.80. The van der Waals surface area contributed by atoms with Crippen LogP contribution < -0.4 is 4.90 Å². The Kier molecular flexibility index (Phi) is 8.06. The molecule has 1 atom stereocenters. The monoisotopic (exact) mass is 562 g/mol. The highest BCUT2D eigenvalue weighted by molar-refractivity contribution is 6.00. The van der Waals surface area contributed by atoms with E-state index in [-0.39, 0.29) is 36.4 Å². The number of alkyl halides is 3. The minimum absolute atomic E-state index is 0. The van der Waals surface area contributed by atoms with Crippen LogP contribution in [-0.4, -0.2) is 46.7 Å². The van der Waals surface area contributed by atoms with Gasteiger partial charge in [-0.3, -0.25) is 4.79 Å². The van der Waals surface area contributed by atoms with Crippen molar-refractivity contribution in [2.45, 2.75) is 25.6 Å². The van der Waals surface area contributed by atoms with Gasteiger partial charge in [-0.1, -0.05) is 30.3 Å². The molecule has 11 heteroatoms. The molecule has 5 nitrogen and oxygen atoms in total. The zero-order chi connectivity index (χ0) is 27.0. The third-order valence-electron chi connectivity index (χ3n) is 6.75. The molecule has 0 unspecified atom stereocenters. The van der Waals surface area contributed by atoms with Gasteiger partial charge in [0, 0.05) is 42.0 Å². The van der Waals surface area contributed by atoms with Gasteiger partial charge in [0.15, 0.2) is 5.82 Å². The van der Waals surface area contributed by atoms with Crippen molar-refractivity contribution in [3.05, 3.63) is 89.5 Å². The van der Waals surface area contributed by atoms with Gasteiger partial charge >= 0.3 is 6.18 Å². The van der Waals surface area contributed by atoms with Crippen LogP contribution in [0.3, 0.4) is 0 Å². The van der Waals surface area contributed by atoms with Gasteiger partial charge in [-0.15, -0.1) is 22.6 Å². The fourth-order valence-corrected chi connectivity index (χ4v) is 4.90. The van der Waals surface area contributed by atoms with Crippen LogP contribution in [0.4, 0.5) is 27.8 Å². The Morgan fingerprint density at radius 3 is 2.26 bits per heavy atom. The summed E-state index contributed by atoms with van der Waals surface area (Å²) >= 11 is 0. The highest BCUT2D eigenvalue weighted by Gasteiger charge is 2.36. The van der Waals surface area contributed by atoms with E-state index in [0.29, 0.717) is 30.7 Å². The summed E-state index contributed by atoms with van der Waals surface area (Å²) in [4.78, 5) is 16.6. The number of rotatable bonds is 4. The SMILES string of the molecule is C[C@H]1CN(c2nnc(-c3ccc(F)cc3)c3ccccc23)CCN1C(=O)Cc1ccc(F)cc1C(F)(F)F.Cl. The van der Waals surface area contributed by atoms with E-state index >= 15 is 0 Å². The number of carbonyl (C=O) groups excluding carboxylic acids is 1. The lowest BCUT2D eigenvalue weighted by molar-refractivity contribution is -0.139. The van der Waals surface area contributed by atoms with Crippen molar-refractivity contribution in [3.63, 3.8) is 0 Å². The minimum atomic E-state index is -4.76. The minimum Gasteiger partial charge on any atom is -0.351 e. The van der Waals surface area contributed by atoms with Crippen LogP contribution in [0.2, 0.25) is 0 Å². The Bertz CT molecular complexity index is 1500. The molecule has 0 bridgehead atoms. The smallest absolute Gasteiger partial charge is 0.351 e. The summed E-state index contributed by atoms with van der Waals surface area (Å²) in [5.74, 6) is -1.19. The molecule has 2 heterocycles. The second-order valence-electron chi connectivity index (χ2n) is 9.28. The standard InChI is InChI=1S/C28H23F5N4O.ClH/c1-17-16-36(12-13-37(17)25(38)14-19-8-11-21(30)15-24(19)28(31,32)33)27-23-5-3-2-4-22(23)26(34-35-27)18-6-9-20(29)10-7-18;/h2-11,15,17H,12-14,16H2,1H3;1H/t17-;/m0./s1. The summed E-state index contributed by atoms with van der Waals surface area (Å²) < 4.78 is 67.1. The van der Waals surface area contributed by atoms with Crippen LogP contribution in [0.1, 0.15) is 18.1 Å². The maximum Gasteiger partial charge on any atom is 0.416 e. The summed E-state index contributed by atoms with van der Waals surface area (Å²) in [6.07, 6.45) is -5.24. The van der Waals surface area contributed by atoms with E-state index in [1.807, 2.05) is 36.1 Å². The normalized spacial score (nSPS) is 15.8. The molecule has 204 valence electrons. The highest BCUT2D eigenvalue weighted by atomic mass is 35.5. The molecule has 0 radical (unpaired) electrons. The fourth-order valence-electron chi connectivity index (χ4n) is 4.90. The number of anilines is 1. The topological polar surface area (TPSA) is 49.3 Å². The third-order valence-corrected chi connectivity index (χ3v) is 6.75. The number of carbonyl (C=O) groups is 1. The molecule has 1 fully saturated rings. The number of amides is 1. The summed E-state index contributed by atoms with van der Waals surface area (Å²) in [6.45, 7) is 2.90. The summed E-state index contributed by atoms with van der Waals surface area (Å²) in [6, 6.07) is 15.6. The van der Waals surface area contributed by atoms with Crippen LogP contribution in [0.5, 0.6) is 0 Å². The molecule has 0 spiro atoms. The van der Waals surface area contributed by atoms with Gasteiger partial charge in [0.05, 0.1) is 12.0 Å². The number of hydrogen-bond donors (Lipinski definition) is 0. The maximum absolute atomic E-state index is 13.5. The molecule has 0 saturated carbocycles. The molecule has 39 heavy (non-hydrogen) atoms. The molecule has 0 aliphatic carbocycles. The van der Waals surface area contributed by atoms with Crippen molar-refractivity contribution in [2.75, 3.05) is 24.5 Å². The van der Waals surface area contributed by atoms with E-state index in [1.165, 1.54) is 12.1 Å². The molecular formula is C28H24ClF5N4O. The highest BCUT2D eigenvalue weighted by Crippen LogP contribution is 2.34. The van der Waals surface area contributed by atoms with Gasteiger partial charge < -0.3 is 9.80 Å². The van der Waals surface area contributed by atoms with Crippen molar-refractivity contribution < 1.29 is 26.7 Å². The van der Waals surface area contributed by atoms with Gasteiger partial charge in [0.25, 0.3) is 0 Å². The van der Waals surface area contributed by atoms with Crippen molar-refractivity contribution in [2.24, 2.45) is 0 Å². The molecule has 4 aromatic rings. The Labute approximate surface area is 227 Å². The van der Waals surface area contributed by atoms with Crippen molar-refractivity contribution in [1.29, 1.82) is 0 Å². The molecule has 1 aliphatic rings. The predicted molar refractivity (Wildman–Crippen MR) is 141 cm³/mol. The molecule has 1 aromatic heterocycles. The fraction of sp³-hybridized carbons (Fsp3) is 0.250. The lowest BCUT2D eigenvalue weighted by atomic mass is 10.0. The van der Waals surface area contributed by atoms with E-state index in [4.69, 9.17) is 0 Å². The molecule has 3 aromatic carbocycles. The van der Waals surface area contributed by atoms with Gasteiger partial charge in [-0.2, -0.15) is 13.2 Å². The van der Waals surface area contributed by atoms with Crippen molar-refractivity contribution in [1.82, 2.24) is 15.1 Å². The van der Waals surface area contributed by atoms with E-state index in [9.17, 15) is 26.7 Å². The zero-order valence-electron chi connectivity index (χ0n) is 20.8. The number of piperazine rings is 1. The Morgan fingerprint density at radius 2 is 1.59 bits per heavy atom. The van der Waals surface area contributed by atoms with E-state index in [1.54, 1.807) is 17.0 Å². The molecule has 1 amide bonds. The van der Waals surface area contributed by atoms with Crippen LogP contribution >= 0.6 is 12.4 Å². The first-order valence-electron chi connectivity index (χ1n) is 12.0. The summed E-state index contributed by atoms with van der Waals surface area (Å²) in [5.41, 5.74) is -0.0534. The second-order valence-corrected chi connectivity index (χ2v) is 9.28. The lowest BCUT2D eigenvalue weighted by Crippen LogP contribution is -2.54. The summed E-state index contributed by atoms with van der Waals surface area (Å²) in [5, 5.41) is 10.6. The number of aromatic nitrogens is 2. The first-order valence-corrected chi connectivity index (χ1v) is 12.0. The van der Waals surface area contributed by atoms with E-state index in [0.717, 1.165) is 28.5 Å². The van der Waals surface area contributed by atoms with Crippen LogP contribution in [0, 0.1) is 11.6 Å². The number of halogens is 6. The van der Waals surface area contributed by atoms with Gasteiger partial charge in [-0.25, -0.2) is 8.78 Å². The van der Waals surface area contributed by atoms with E-state index < -0.39 is 29.9 Å².